The minimum Gasteiger partial charge on any atom is -0.493 e. The van der Waals surface area contributed by atoms with Gasteiger partial charge in [-0.3, -0.25) is 14.9 Å². The van der Waals surface area contributed by atoms with Crippen molar-refractivity contribution in [1.82, 2.24) is 5.32 Å². The van der Waals surface area contributed by atoms with Crippen molar-refractivity contribution in [2.24, 2.45) is 0 Å². The Morgan fingerprint density at radius 3 is 2.65 bits per heavy atom. The summed E-state index contributed by atoms with van der Waals surface area (Å²) in [4.78, 5) is 38.8. The molecule has 0 atom stereocenters. The second kappa shape index (κ2) is 9.25. The van der Waals surface area contributed by atoms with Crippen LogP contribution in [0.15, 0.2) is 40.4 Å². The molecule has 9 heteroatoms. The number of rotatable bonds is 5. The Balaban J connectivity index is 2.04. The average molecular weight is 504 g/mol. The van der Waals surface area contributed by atoms with Gasteiger partial charge in [0.25, 0.3) is 11.8 Å². The van der Waals surface area contributed by atoms with Gasteiger partial charge >= 0.3 is 6.03 Å². The number of benzene rings is 2. The highest BCUT2D eigenvalue weighted by Crippen LogP contribution is 2.37. The van der Waals surface area contributed by atoms with Crippen LogP contribution in [-0.4, -0.2) is 31.6 Å². The van der Waals surface area contributed by atoms with E-state index in [9.17, 15) is 14.4 Å². The smallest absolute Gasteiger partial charge is 0.335 e. The zero-order valence-corrected chi connectivity index (χ0v) is 18.8. The third-order valence-corrected chi connectivity index (χ3v) is 5.14. The molecule has 0 radical (unpaired) electrons. The van der Waals surface area contributed by atoms with Crippen LogP contribution in [0.4, 0.5) is 10.5 Å². The maximum Gasteiger partial charge on any atom is 0.335 e. The molecule has 3 rings (SSSR count). The molecule has 1 heterocycles. The molecule has 0 saturated carbocycles. The van der Waals surface area contributed by atoms with Crippen molar-refractivity contribution in [1.29, 1.82) is 0 Å². The lowest BCUT2D eigenvalue weighted by Gasteiger charge is -2.27. The molecule has 0 spiro atoms. The van der Waals surface area contributed by atoms with Crippen LogP contribution in [0.25, 0.3) is 6.08 Å². The molecule has 2 aromatic rings. The Labute approximate surface area is 192 Å². The summed E-state index contributed by atoms with van der Waals surface area (Å²) in [5.41, 5.74) is 1.19. The van der Waals surface area contributed by atoms with Crippen LogP contribution in [0, 0.1) is 19.3 Å². The number of nitrogens with one attached hydrogen (secondary N) is 1. The summed E-state index contributed by atoms with van der Waals surface area (Å²) in [5.74, 6) is 1.27. The highest BCUT2D eigenvalue weighted by Gasteiger charge is 2.37. The first-order valence-corrected chi connectivity index (χ1v) is 10.0. The van der Waals surface area contributed by atoms with Crippen LogP contribution in [0.3, 0.4) is 0 Å². The number of aryl methyl sites for hydroxylation is 1. The second-order valence-corrected chi connectivity index (χ2v) is 7.74. The molecule has 1 fully saturated rings. The molecular weight excluding hydrogens is 488 g/mol. The fraction of sp³-hybridized carbons (Fsp3) is 0.136. The predicted molar refractivity (Wildman–Crippen MR) is 120 cm³/mol. The molecular formula is C22H16BrClN2O5. The van der Waals surface area contributed by atoms with Crippen molar-refractivity contribution in [3.8, 4) is 23.8 Å². The predicted octanol–water partition coefficient (Wildman–Crippen LogP) is 4.10. The first kappa shape index (κ1) is 22.4. The minimum absolute atomic E-state index is 0.0129. The van der Waals surface area contributed by atoms with Crippen molar-refractivity contribution in [2.75, 3.05) is 18.6 Å². The largest absolute Gasteiger partial charge is 0.493 e. The number of hydrogen-bond donors (Lipinski definition) is 1. The van der Waals surface area contributed by atoms with E-state index in [4.69, 9.17) is 27.5 Å². The lowest BCUT2D eigenvalue weighted by atomic mass is 10.1. The van der Waals surface area contributed by atoms with Crippen molar-refractivity contribution >= 4 is 57.1 Å². The van der Waals surface area contributed by atoms with Gasteiger partial charge in [0.15, 0.2) is 11.5 Å². The number of carbonyl (C=O) groups excluding carboxylic acids is 3. The molecule has 0 unspecified atom stereocenters. The first-order chi connectivity index (χ1) is 14.8. The molecule has 0 aromatic heterocycles. The quantitative estimate of drug-likeness (QED) is 0.377. The normalized spacial score (nSPS) is 15.0. The van der Waals surface area contributed by atoms with E-state index in [0.29, 0.717) is 16.8 Å². The number of carbonyl (C=O) groups is 3. The van der Waals surface area contributed by atoms with Crippen LogP contribution in [0.1, 0.15) is 11.1 Å². The van der Waals surface area contributed by atoms with Gasteiger partial charge in [-0.25, -0.2) is 9.69 Å². The van der Waals surface area contributed by atoms with Crippen LogP contribution in [-0.2, 0) is 9.59 Å². The Morgan fingerprint density at radius 2 is 2.00 bits per heavy atom. The fourth-order valence-electron chi connectivity index (χ4n) is 2.99. The number of imide groups is 2. The average Bonchev–Trinajstić information content (AvgIpc) is 2.71. The van der Waals surface area contributed by atoms with Gasteiger partial charge < -0.3 is 9.47 Å². The molecule has 0 aliphatic carbocycles. The summed E-state index contributed by atoms with van der Waals surface area (Å²) < 4.78 is 11.5. The van der Waals surface area contributed by atoms with Crippen molar-refractivity contribution in [3.63, 3.8) is 0 Å². The van der Waals surface area contributed by atoms with Crippen molar-refractivity contribution in [3.05, 3.63) is 56.5 Å². The SMILES string of the molecule is C#CCOc1c(Cl)cc(/C=C2/C(=O)NC(=O)N(c3ccc(Br)cc3C)C2=O)cc1OC. The summed E-state index contributed by atoms with van der Waals surface area (Å²) in [7, 11) is 1.42. The fourth-order valence-corrected chi connectivity index (χ4v) is 3.74. The van der Waals surface area contributed by atoms with Crippen molar-refractivity contribution in [2.45, 2.75) is 6.92 Å². The van der Waals surface area contributed by atoms with Gasteiger partial charge in [-0.05, 0) is 54.5 Å². The van der Waals surface area contributed by atoms with Gasteiger partial charge in [-0.2, -0.15) is 0 Å². The van der Waals surface area contributed by atoms with E-state index in [2.05, 4.69) is 27.2 Å². The summed E-state index contributed by atoms with van der Waals surface area (Å²) in [6.07, 6.45) is 6.53. The van der Waals surface area contributed by atoms with E-state index in [0.717, 1.165) is 9.37 Å². The number of hydrogen-bond acceptors (Lipinski definition) is 5. The number of terminal acetylenes is 1. The number of halogens is 2. The number of urea groups is 1. The molecule has 7 nitrogen and oxygen atoms in total. The minimum atomic E-state index is -0.828. The number of nitrogens with zero attached hydrogens (tertiary/aromatic N) is 1. The van der Waals surface area contributed by atoms with Gasteiger partial charge in [0, 0.05) is 4.47 Å². The van der Waals surface area contributed by atoms with E-state index in [1.165, 1.54) is 25.3 Å². The van der Waals surface area contributed by atoms with Gasteiger partial charge in [0.2, 0.25) is 0 Å². The second-order valence-electron chi connectivity index (χ2n) is 6.42. The summed E-state index contributed by atoms with van der Waals surface area (Å²) in [6.45, 7) is 1.74. The maximum absolute atomic E-state index is 13.1. The lowest BCUT2D eigenvalue weighted by molar-refractivity contribution is -0.122. The van der Waals surface area contributed by atoms with E-state index in [1.54, 1.807) is 25.1 Å². The number of methoxy groups -OCH3 is 1. The van der Waals surface area contributed by atoms with E-state index in [-0.39, 0.29) is 28.7 Å². The zero-order valence-electron chi connectivity index (χ0n) is 16.5. The number of ether oxygens (including phenoxy) is 2. The third kappa shape index (κ3) is 4.58. The number of barbiturate groups is 1. The maximum atomic E-state index is 13.1. The molecule has 4 amide bonds. The number of amides is 4. The van der Waals surface area contributed by atoms with E-state index >= 15 is 0 Å². The van der Waals surface area contributed by atoms with Crippen LogP contribution in [0.5, 0.6) is 11.5 Å². The Morgan fingerprint density at radius 1 is 1.26 bits per heavy atom. The standard InChI is InChI=1S/C22H16BrClN2O5/c1-4-7-31-19-16(24)10-13(11-18(19)30-3)9-15-20(27)25-22(29)26(21(15)28)17-6-5-14(23)8-12(17)2/h1,5-6,8-11H,7H2,2-3H3,(H,25,27,29)/b15-9-. The molecule has 158 valence electrons. The molecule has 1 N–H and O–H groups in total. The summed E-state index contributed by atoms with van der Waals surface area (Å²) in [5, 5.41) is 2.37. The van der Waals surface area contributed by atoms with Gasteiger partial charge in [0.1, 0.15) is 12.2 Å². The van der Waals surface area contributed by atoms with Crippen LogP contribution >= 0.6 is 27.5 Å². The monoisotopic (exact) mass is 502 g/mol. The molecule has 1 aliphatic heterocycles. The molecule has 1 aliphatic rings. The Hall–Kier alpha value is -3.28. The topological polar surface area (TPSA) is 84.9 Å². The first-order valence-electron chi connectivity index (χ1n) is 8.88. The van der Waals surface area contributed by atoms with Crippen LogP contribution in [0.2, 0.25) is 5.02 Å². The van der Waals surface area contributed by atoms with E-state index in [1.807, 2.05) is 0 Å². The molecule has 2 aromatic carbocycles. The molecule has 0 bridgehead atoms. The van der Waals surface area contributed by atoms with Gasteiger partial charge in [-0.1, -0.05) is 33.5 Å². The third-order valence-electron chi connectivity index (χ3n) is 4.36. The van der Waals surface area contributed by atoms with Gasteiger partial charge in [-0.15, -0.1) is 6.42 Å². The Bertz CT molecular complexity index is 1170. The summed E-state index contributed by atoms with van der Waals surface area (Å²) >= 11 is 9.61. The molecule has 1 saturated heterocycles. The van der Waals surface area contributed by atoms with Crippen LogP contribution < -0.4 is 19.7 Å². The van der Waals surface area contributed by atoms with E-state index < -0.39 is 17.8 Å². The zero-order chi connectivity index (χ0) is 22.7. The lowest BCUT2D eigenvalue weighted by Crippen LogP contribution is -2.54. The Kier molecular flexibility index (Phi) is 6.68. The highest BCUT2D eigenvalue weighted by atomic mass is 79.9. The van der Waals surface area contributed by atoms with Crippen molar-refractivity contribution < 1.29 is 23.9 Å². The van der Waals surface area contributed by atoms with Gasteiger partial charge in [0.05, 0.1) is 17.8 Å². The number of anilines is 1. The highest BCUT2D eigenvalue weighted by molar-refractivity contribution is 9.10. The summed E-state index contributed by atoms with van der Waals surface area (Å²) in [6, 6.07) is 7.28. The molecule has 31 heavy (non-hydrogen) atoms.